The van der Waals surface area contributed by atoms with Crippen molar-refractivity contribution in [1.29, 1.82) is 0 Å². The van der Waals surface area contributed by atoms with E-state index in [0.29, 0.717) is 6.42 Å². The molecule has 0 heterocycles. The normalized spacial score (nSPS) is 12.5. The van der Waals surface area contributed by atoms with Crippen molar-refractivity contribution in [2.75, 3.05) is 10.8 Å². The van der Waals surface area contributed by atoms with Crippen molar-refractivity contribution in [3.8, 4) is 0 Å². The van der Waals surface area contributed by atoms with E-state index in [-0.39, 0.29) is 28.1 Å². The summed E-state index contributed by atoms with van der Waals surface area (Å²) in [5.74, 6) is -0.826. The molecule has 0 unspecified atom stereocenters. The Balaban J connectivity index is 2.08. The minimum atomic E-state index is -4.18. The summed E-state index contributed by atoms with van der Waals surface area (Å²) < 4.78 is 28.9. The van der Waals surface area contributed by atoms with Gasteiger partial charge in [0, 0.05) is 12.1 Å². The van der Waals surface area contributed by atoms with Gasteiger partial charge >= 0.3 is 0 Å². The maximum absolute atomic E-state index is 14.1. The molecule has 0 saturated heterocycles. The van der Waals surface area contributed by atoms with Gasteiger partial charge < -0.3 is 10.2 Å². The molecule has 1 N–H and O–H groups in total. The fourth-order valence-electron chi connectivity index (χ4n) is 4.27. The first-order chi connectivity index (χ1) is 18.7. The van der Waals surface area contributed by atoms with Crippen molar-refractivity contribution >= 4 is 39.1 Å². The largest absolute Gasteiger partial charge is 0.350 e. The molecule has 0 aromatic heterocycles. The van der Waals surface area contributed by atoms with Gasteiger partial charge in [0.25, 0.3) is 10.0 Å². The lowest BCUT2D eigenvalue weighted by molar-refractivity contribution is -0.141. The number of hydrogen-bond acceptors (Lipinski definition) is 4. The number of carbonyl (C=O) groups excluding carboxylic acids is 2. The van der Waals surface area contributed by atoms with Gasteiger partial charge in [-0.15, -0.1) is 0 Å². The molecule has 3 rings (SSSR count). The van der Waals surface area contributed by atoms with Crippen molar-refractivity contribution in [2.24, 2.45) is 0 Å². The average Bonchev–Trinajstić information content (AvgIpc) is 2.88. The third kappa shape index (κ3) is 7.86. The van der Waals surface area contributed by atoms with Crippen LogP contribution in [0.15, 0.2) is 77.7 Å². The molecule has 0 spiro atoms. The fraction of sp³-hybridized carbons (Fsp3) is 0.355. The van der Waals surface area contributed by atoms with Gasteiger partial charge in [-0.3, -0.25) is 13.9 Å². The van der Waals surface area contributed by atoms with Crippen LogP contribution in [0.5, 0.6) is 0 Å². The van der Waals surface area contributed by atoms with Crippen molar-refractivity contribution in [1.82, 2.24) is 10.2 Å². The zero-order chi connectivity index (χ0) is 29.7. The zero-order valence-electron chi connectivity index (χ0n) is 23.9. The summed E-state index contributed by atoms with van der Waals surface area (Å²) in [6.45, 7) is 10.9. The summed E-state index contributed by atoms with van der Waals surface area (Å²) in [6, 6.07) is 19.8. The van der Waals surface area contributed by atoms with E-state index in [1.807, 2.05) is 65.8 Å². The van der Waals surface area contributed by atoms with Gasteiger partial charge in [-0.25, -0.2) is 8.42 Å². The molecule has 214 valence electrons. The number of aryl methyl sites for hydroxylation is 2. The number of carbonyl (C=O) groups is 2. The first kappa shape index (κ1) is 31.2. The van der Waals surface area contributed by atoms with Crippen LogP contribution >= 0.6 is 11.6 Å². The second kappa shape index (κ2) is 12.9. The van der Waals surface area contributed by atoms with Gasteiger partial charge in [-0.2, -0.15) is 0 Å². The van der Waals surface area contributed by atoms with Crippen LogP contribution in [0.2, 0.25) is 5.02 Å². The van der Waals surface area contributed by atoms with Crippen molar-refractivity contribution in [3.63, 3.8) is 0 Å². The van der Waals surface area contributed by atoms with E-state index >= 15 is 0 Å². The molecule has 40 heavy (non-hydrogen) atoms. The van der Waals surface area contributed by atoms with Crippen LogP contribution < -0.4 is 9.62 Å². The summed E-state index contributed by atoms with van der Waals surface area (Å²) in [5, 5.41) is 3.16. The Morgan fingerprint density at radius 3 is 1.98 bits per heavy atom. The van der Waals surface area contributed by atoms with E-state index in [1.54, 1.807) is 36.4 Å². The van der Waals surface area contributed by atoms with Crippen molar-refractivity contribution < 1.29 is 18.0 Å². The van der Waals surface area contributed by atoms with Crippen LogP contribution in [-0.4, -0.2) is 43.3 Å². The lowest BCUT2D eigenvalue weighted by atomic mass is 10.1. The van der Waals surface area contributed by atoms with Crippen LogP contribution in [0, 0.1) is 13.8 Å². The lowest BCUT2D eigenvalue weighted by Gasteiger charge is -2.35. The minimum absolute atomic E-state index is 0.0356. The average molecular weight is 584 g/mol. The SMILES string of the molecule is CC[C@@H](C(=O)NC(C)(C)C)N(Cc1ccc(C)cc1)C(=O)CN(c1ccccc1Cl)S(=O)(=O)c1ccc(C)cc1. The smallest absolute Gasteiger partial charge is 0.264 e. The highest BCUT2D eigenvalue weighted by atomic mass is 35.5. The molecule has 0 radical (unpaired) electrons. The van der Waals surface area contributed by atoms with Crippen LogP contribution in [0.3, 0.4) is 0 Å². The number of hydrogen-bond donors (Lipinski definition) is 1. The molecular formula is C31H38ClN3O4S. The van der Waals surface area contributed by atoms with Gasteiger partial charge in [0.05, 0.1) is 15.6 Å². The predicted molar refractivity (Wildman–Crippen MR) is 161 cm³/mol. The molecule has 3 aromatic carbocycles. The van der Waals surface area contributed by atoms with Crippen molar-refractivity contribution in [3.05, 3.63) is 94.5 Å². The Bertz CT molecular complexity index is 1430. The monoisotopic (exact) mass is 583 g/mol. The minimum Gasteiger partial charge on any atom is -0.350 e. The quantitative estimate of drug-likeness (QED) is 0.323. The molecule has 1 atom stereocenters. The number of sulfonamides is 1. The lowest BCUT2D eigenvalue weighted by Crippen LogP contribution is -2.55. The predicted octanol–water partition coefficient (Wildman–Crippen LogP) is 5.87. The number of rotatable bonds is 10. The molecule has 2 amide bonds. The Morgan fingerprint density at radius 1 is 0.900 bits per heavy atom. The fourth-order valence-corrected chi connectivity index (χ4v) is 5.99. The molecule has 7 nitrogen and oxygen atoms in total. The van der Waals surface area contributed by atoms with Gasteiger partial charge in [0.2, 0.25) is 11.8 Å². The van der Waals surface area contributed by atoms with Crippen LogP contribution in [-0.2, 0) is 26.2 Å². The highest BCUT2D eigenvalue weighted by molar-refractivity contribution is 7.92. The molecule has 0 saturated carbocycles. The van der Waals surface area contributed by atoms with Gasteiger partial charge in [-0.05, 0) is 70.9 Å². The van der Waals surface area contributed by atoms with Gasteiger partial charge in [-0.1, -0.05) is 78.2 Å². The van der Waals surface area contributed by atoms with E-state index in [0.717, 1.165) is 21.0 Å². The van der Waals surface area contributed by atoms with Crippen LogP contribution in [0.4, 0.5) is 5.69 Å². The number of halogens is 1. The second-order valence-corrected chi connectivity index (χ2v) is 13.2. The van der Waals surface area contributed by atoms with E-state index < -0.39 is 34.1 Å². The zero-order valence-corrected chi connectivity index (χ0v) is 25.5. The maximum Gasteiger partial charge on any atom is 0.264 e. The summed E-state index contributed by atoms with van der Waals surface area (Å²) in [7, 11) is -4.18. The van der Waals surface area contributed by atoms with Crippen LogP contribution in [0.1, 0.15) is 50.8 Å². The highest BCUT2D eigenvalue weighted by Crippen LogP contribution is 2.31. The summed E-state index contributed by atoms with van der Waals surface area (Å²) in [5.41, 5.74) is 2.46. The highest BCUT2D eigenvalue weighted by Gasteiger charge is 2.35. The van der Waals surface area contributed by atoms with E-state index in [9.17, 15) is 18.0 Å². The Morgan fingerprint density at radius 2 is 1.45 bits per heavy atom. The summed E-state index contributed by atoms with van der Waals surface area (Å²) >= 11 is 6.46. The number of nitrogens with zero attached hydrogens (tertiary/aromatic N) is 2. The standard InChI is InChI=1S/C31H38ClN3O4S/c1-7-27(30(37)33-31(4,5)6)34(20-24-16-12-22(2)13-17-24)29(36)21-35(28-11-9-8-10-26(28)32)40(38,39)25-18-14-23(3)15-19-25/h8-19,27H,7,20-21H2,1-6H3,(H,33,37)/t27-/m0/s1. The molecule has 0 fully saturated rings. The van der Waals surface area contributed by atoms with Crippen molar-refractivity contribution in [2.45, 2.75) is 71.0 Å². The number of nitrogens with one attached hydrogen (secondary N) is 1. The topological polar surface area (TPSA) is 86.8 Å². The van der Waals surface area contributed by atoms with Gasteiger partial charge in [0.15, 0.2) is 0 Å². The first-order valence-electron chi connectivity index (χ1n) is 13.2. The summed E-state index contributed by atoms with van der Waals surface area (Å²) in [4.78, 5) is 29.0. The molecule has 9 heteroatoms. The molecular weight excluding hydrogens is 546 g/mol. The Labute approximate surface area is 243 Å². The second-order valence-electron chi connectivity index (χ2n) is 10.9. The third-order valence-electron chi connectivity index (χ3n) is 6.37. The Kier molecular flexibility index (Phi) is 10.0. The molecule has 0 aliphatic heterocycles. The Hall–Kier alpha value is -3.36. The molecule has 0 aliphatic rings. The molecule has 0 bridgehead atoms. The van der Waals surface area contributed by atoms with E-state index in [4.69, 9.17) is 11.6 Å². The number of benzene rings is 3. The maximum atomic E-state index is 14.1. The molecule has 0 aliphatic carbocycles. The van der Waals surface area contributed by atoms with E-state index in [1.165, 1.54) is 17.0 Å². The first-order valence-corrected chi connectivity index (χ1v) is 15.1. The van der Waals surface area contributed by atoms with Gasteiger partial charge in [0.1, 0.15) is 12.6 Å². The van der Waals surface area contributed by atoms with Crippen LogP contribution in [0.25, 0.3) is 0 Å². The number of amides is 2. The van der Waals surface area contributed by atoms with E-state index in [2.05, 4.69) is 5.32 Å². The number of para-hydroxylation sites is 1. The summed E-state index contributed by atoms with van der Waals surface area (Å²) in [6.07, 6.45) is 0.344. The molecule has 3 aromatic rings. The third-order valence-corrected chi connectivity index (χ3v) is 8.46. The number of anilines is 1.